The van der Waals surface area contributed by atoms with Crippen molar-refractivity contribution in [2.75, 3.05) is 0 Å². The molecule has 2 atom stereocenters. The van der Waals surface area contributed by atoms with Crippen LogP contribution < -0.4 is 4.72 Å². The summed E-state index contributed by atoms with van der Waals surface area (Å²) in [6, 6.07) is 2.35. The number of hydrogen-bond acceptors (Lipinski definition) is 2. The van der Waals surface area contributed by atoms with E-state index < -0.39 is 26.7 Å². The van der Waals surface area contributed by atoms with Crippen LogP contribution in [-0.2, 0) is 16.2 Å². The summed E-state index contributed by atoms with van der Waals surface area (Å²) >= 11 is 5.55. The van der Waals surface area contributed by atoms with Crippen LogP contribution in [0.4, 0.5) is 13.2 Å². The molecule has 118 valence electrons. The lowest BCUT2D eigenvalue weighted by Crippen LogP contribution is -2.34. The molecule has 1 aliphatic rings. The Bertz CT molecular complexity index is 631. The molecular formula is C13H15ClF3NO2S. The molecule has 1 aliphatic carbocycles. The molecule has 8 heteroatoms. The van der Waals surface area contributed by atoms with Gasteiger partial charge in [0.15, 0.2) is 0 Å². The quantitative estimate of drug-likeness (QED) is 0.908. The normalized spacial score (nSPS) is 23.5. The first-order chi connectivity index (χ1) is 9.59. The molecule has 2 rings (SSSR count). The van der Waals surface area contributed by atoms with E-state index in [1.807, 2.05) is 6.92 Å². The summed E-state index contributed by atoms with van der Waals surface area (Å²) in [5, 5.41) is -0.157. The van der Waals surface area contributed by atoms with Gasteiger partial charge in [0.1, 0.15) is 0 Å². The van der Waals surface area contributed by atoms with Crippen molar-refractivity contribution in [2.45, 2.75) is 43.3 Å². The van der Waals surface area contributed by atoms with Gasteiger partial charge in [0, 0.05) is 11.1 Å². The van der Waals surface area contributed by atoms with E-state index in [4.69, 9.17) is 11.6 Å². The zero-order valence-electron chi connectivity index (χ0n) is 11.2. The number of nitrogens with one attached hydrogen (secondary N) is 1. The third-order valence-corrected chi connectivity index (χ3v) is 5.37. The van der Waals surface area contributed by atoms with E-state index in [2.05, 4.69) is 4.72 Å². The Balaban J connectivity index is 2.36. The molecular weight excluding hydrogens is 327 g/mol. The number of halogens is 4. The predicted octanol–water partition coefficient (Wildman–Crippen LogP) is 3.83. The van der Waals surface area contributed by atoms with Gasteiger partial charge in [-0.3, -0.25) is 0 Å². The summed E-state index contributed by atoms with van der Waals surface area (Å²) in [5.41, 5.74) is -1.24. The van der Waals surface area contributed by atoms with E-state index in [-0.39, 0.29) is 11.1 Å². The second-order valence-corrected chi connectivity index (χ2v) is 7.49. The van der Waals surface area contributed by atoms with Crippen molar-refractivity contribution in [3.05, 3.63) is 28.8 Å². The van der Waals surface area contributed by atoms with Crippen LogP contribution in [0, 0.1) is 5.92 Å². The lowest BCUT2D eigenvalue weighted by Gasteiger charge is -2.17. The third kappa shape index (κ3) is 3.90. The highest BCUT2D eigenvalue weighted by Gasteiger charge is 2.38. The van der Waals surface area contributed by atoms with Crippen molar-refractivity contribution in [1.82, 2.24) is 4.72 Å². The Morgan fingerprint density at radius 2 is 1.95 bits per heavy atom. The number of rotatable bonds is 3. The maximum Gasteiger partial charge on any atom is 0.417 e. The molecule has 0 spiro atoms. The summed E-state index contributed by atoms with van der Waals surface area (Å²) in [6.45, 7) is 1.98. The van der Waals surface area contributed by atoms with E-state index >= 15 is 0 Å². The van der Waals surface area contributed by atoms with Crippen molar-refractivity contribution in [3.63, 3.8) is 0 Å². The van der Waals surface area contributed by atoms with Gasteiger partial charge in [-0.1, -0.05) is 18.5 Å². The fourth-order valence-corrected chi connectivity index (χ4v) is 4.22. The minimum Gasteiger partial charge on any atom is -0.208 e. The monoisotopic (exact) mass is 341 g/mol. The van der Waals surface area contributed by atoms with Gasteiger partial charge in [-0.25, -0.2) is 13.1 Å². The Morgan fingerprint density at radius 1 is 1.29 bits per heavy atom. The Morgan fingerprint density at radius 3 is 2.48 bits per heavy atom. The Labute approximate surface area is 126 Å². The Hall–Kier alpha value is -0.790. The summed E-state index contributed by atoms with van der Waals surface area (Å²) in [4.78, 5) is -0.779. The second kappa shape index (κ2) is 5.78. The molecule has 0 aromatic heterocycles. The number of sulfonamides is 1. The average molecular weight is 342 g/mol. The molecule has 0 aliphatic heterocycles. The first-order valence-electron chi connectivity index (χ1n) is 6.48. The molecule has 0 radical (unpaired) electrons. The van der Waals surface area contributed by atoms with Gasteiger partial charge in [-0.05, 0) is 43.4 Å². The van der Waals surface area contributed by atoms with Gasteiger partial charge in [-0.15, -0.1) is 0 Å². The molecule has 1 aromatic carbocycles. The van der Waals surface area contributed by atoms with Crippen LogP contribution >= 0.6 is 11.6 Å². The summed E-state index contributed by atoms with van der Waals surface area (Å²) in [5.74, 6) is 0.366. The molecule has 3 nitrogen and oxygen atoms in total. The largest absolute Gasteiger partial charge is 0.417 e. The average Bonchev–Trinajstić information content (AvgIpc) is 2.72. The standard InChI is InChI=1S/C13H15ClF3NO2S/c1-8-2-4-10(6-8)18-21(19,20)12-5-3-9(14)7-11(12)13(15,16)17/h3,5,7-8,10,18H,2,4,6H2,1H3. The summed E-state index contributed by atoms with van der Waals surface area (Å²) in [7, 11) is -4.23. The van der Waals surface area contributed by atoms with Gasteiger partial charge in [0.2, 0.25) is 10.0 Å². The van der Waals surface area contributed by atoms with E-state index in [0.717, 1.165) is 18.6 Å². The molecule has 2 unspecified atom stereocenters. The van der Waals surface area contributed by atoms with Crippen molar-refractivity contribution in [1.29, 1.82) is 0 Å². The minimum absolute atomic E-state index is 0.157. The summed E-state index contributed by atoms with van der Waals surface area (Å²) < 4.78 is 65.8. The van der Waals surface area contributed by atoms with Gasteiger partial charge in [0.25, 0.3) is 0 Å². The highest BCUT2D eigenvalue weighted by atomic mass is 35.5. The van der Waals surface area contributed by atoms with E-state index in [9.17, 15) is 21.6 Å². The highest BCUT2D eigenvalue weighted by Crippen LogP contribution is 2.36. The fraction of sp³-hybridized carbons (Fsp3) is 0.538. The number of alkyl halides is 3. The molecule has 1 saturated carbocycles. The van der Waals surface area contributed by atoms with Gasteiger partial charge in [-0.2, -0.15) is 13.2 Å². The van der Waals surface area contributed by atoms with Gasteiger partial charge >= 0.3 is 6.18 Å². The van der Waals surface area contributed by atoms with Crippen molar-refractivity contribution in [3.8, 4) is 0 Å². The second-order valence-electron chi connectivity index (χ2n) is 5.37. The van der Waals surface area contributed by atoms with Crippen LogP contribution in [-0.4, -0.2) is 14.5 Å². The SMILES string of the molecule is CC1CCC(NS(=O)(=O)c2ccc(Cl)cc2C(F)(F)F)C1. The van der Waals surface area contributed by atoms with Crippen LogP contribution in [0.1, 0.15) is 31.7 Å². The molecule has 0 heterocycles. The number of hydrogen-bond donors (Lipinski definition) is 1. The van der Waals surface area contributed by atoms with Gasteiger partial charge < -0.3 is 0 Å². The van der Waals surface area contributed by atoms with E-state index in [0.29, 0.717) is 24.8 Å². The predicted molar refractivity (Wildman–Crippen MR) is 73.6 cm³/mol. The lowest BCUT2D eigenvalue weighted by molar-refractivity contribution is -0.139. The lowest BCUT2D eigenvalue weighted by atomic mass is 10.1. The van der Waals surface area contributed by atoms with Crippen LogP contribution in [0.3, 0.4) is 0 Å². The van der Waals surface area contributed by atoms with Crippen molar-refractivity contribution in [2.24, 2.45) is 5.92 Å². The maximum absolute atomic E-state index is 13.0. The highest BCUT2D eigenvalue weighted by molar-refractivity contribution is 7.89. The van der Waals surface area contributed by atoms with E-state index in [1.165, 1.54) is 0 Å². The van der Waals surface area contributed by atoms with Crippen molar-refractivity contribution >= 4 is 21.6 Å². The molecule has 0 saturated heterocycles. The van der Waals surface area contributed by atoms with Crippen LogP contribution in [0.25, 0.3) is 0 Å². The maximum atomic E-state index is 13.0. The zero-order chi connectivity index (χ0) is 15.8. The summed E-state index contributed by atoms with van der Waals surface area (Å²) in [6.07, 6.45) is -2.65. The first-order valence-corrected chi connectivity index (χ1v) is 8.35. The smallest absolute Gasteiger partial charge is 0.208 e. The van der Waals surface area contributed by atoms with Crippen LogP contribution in [0.5, 0.6) is 0 Å². The molecule has 0 bridgehead atoms. The van der Waals surface area contributed by atoms with Crippen LogP contribution in [0.15, 0.2) is 23.1 Å². The fourth-order valence-electron chi connectivity index (χ4n) is 2.56. The van der Waals surface area contributed by atoms with Crippen LogP contribution in [0.2, 0.25) is 5.02 Å². The van der Waals surface area contributed by atoms with Crippen molar-refractivity contribution < 1.29 is 21.6 Å². The molecule has 21 heavy (non-hydrogen) atoms. The first kappa shape index (κ1) is 16.6. The zero-order valence-corrected chi connectivity index (χ0v) is 12.8. The van der Waals surface area contributed by atoms with E-state index in [1.54, 1.807) is 0 Å². The number of benzene rings is 1. The molecule has 0 amide bonds. The Kier molecular flexibility index (Phi) is 4.56. The molecule has 1 aromatic rings. The minimum atomic E-state index is -4.78. The third-order valence-electron chi connectivity index (χ3n) is 3.55. The molecule has 1 N–H and O–H groups in total. The van der Waals surface area contributed by atoms with Gasteiger partial charge in [0.05, 0.1) is 10.5 Å². The topological polar surface area (TPSA) is 46.2 Å². The molecule has 1 fully saturated rings.